The summed E-state index contributed by atoms with van der Waals surface area (Å²) in [4.78, 5) is 4.49. The lowest BCUT2D eigenvalue weighted by atomic mass is 10.00. The monoisotopic (exact) mass is 318 g/mol. The molecule has 0 aliphatic carbocycles. The number of rotatable bonds is 6. The lowest BCUT2D eigenvalue weighted by molar-refractivity contribution is 0.177. The Hall–Kier alpha value is -1.79. The van der Waals surface area contributed by atoms with Crippen LogP contribution < -0.4 is 5.32 Å². The number of aromatic nitrogens is 3. The van der Waals surface area contributed by atoms with Crippen LogP contribution in [0.2, 0.25) is 0 Å². The van der Waals surface area contributed by atoms with Crippen LogP contribution in [0.5, 0.6) is 0 Å². The molecule has 2 atom stereocenters. The molecule has 0 saturated carbocycles. The van der Waals surface area contributed by atoms with Gasteiger partial charge in [0.05, 0.1) is 6.54 Å². The van der Waals surface area contributed by atoms with Crippen LogP contribution in [0, 0.1) is 5.82 Å². The van der Waals surface area contributed by atoms with Crippen molar-refractivity contribution in [3.05, 3.63) is 47.3 Å². The van der Waals surface area contributed by atoms with Crippen LogP contribution in [0.4, 0.5) is 4.39 Å². The molecule has 0 unspecified atom stereocenters. The topological polar surface area (TPSA) is 52.0 Å². The molecular weight excluding hydrogens is 295 g/mol. The molecule has 1 aromatic heterocycles. The number of nitrogens with one attached hydrogen (secondary N) is 1. The number of halogens is 1. The number of nitrogens with zero attached hydrogens (tertiary/aromatic N) is 3. The Balaban J connectivity index is 1.54. The summed E-state index contributed by atoms with van der Waals surface area (Å²) in [6.45, 7) is 4.31. The van der Waals surface area contributed by atoms with Gasteiger partial charge in [0.25, 0.3) is 0 Å². The van der Waals surface area contributed by atoms with Gasteiger partial charge in [0.15, 0.2) is 5.82 Å². The van der Waals surface area contributed by atoms with Crippen LogP contribution in [-0.2, 0) is 24.3 Å². The van der Waals surface area contributed by atoms with Crippen molar-refractivity contribution in [3.8, 4) is 0 Å². The fraction of sp³-hybridized carbons (Fsp3) is 0.529. The van der Waals surface area contributed by atoms with Gasteiger partial charge in [-0.3, -0.25) is 0 Å². The predicted molar refractivity (Wildman–Crippen MR) is 85.7 cm³/mol. The third-order valence-corrected chi connectivity index (χ3v) is 4.33. The Bertz CT molecular complexity index is 641. The van der Waals surface area contributed by atoms with Crippen LogP contribution in [0.1, 0.15) is 36.5 Å². The first kappa shape index (κ1) is 16.1. The van der Waals surface area contributed by atoms with Crippen LogP contribution in [0.15, 0.2) is 24.3 Å². The summed E-state index contributed by atoms with van der Waals surface area (Å²) >= 11 is 0. The van der Waals surface area contributed by atoms with Crippen molar-refractivity contribution in [3.63, 3.8) is 0 Å². The van der Waals surface area contributed by atoms with Gasteiger partial charge in [0.2, 0.25) is 0 Å². The van der Waals surface area contributed by atoms with E-state index in [1.54, 1.807) is 7.11 Å². The number of fused-ring (bicyclic) bond motifs is 1. The highest BCUT2D eigenvalue weighted by Gasteiger charge is 2.21. The number of benzene rings is 1. The molecule has 0 fully saturated rings. The second-order valence-electron chi connectivity index (χ2n) is 6.16. The molecule has 0 saturated heterocycles. The number of ether oxygens (including phenoxy) is 1. The van der Waals surface area contributed by atoms with E-state index in [9.17, 15) is 4.39 Å². The van der Waals surface area contributed by atoms with Gasteiger partial charge in [-0.1, -0.05) is 19.1 Å². The van der Waals surface area contributed by atoms with E-state index in [4.69, 9.17) is 4.74 Å². The summed E-state index contributed by atoms with van der Waals surface area (Å²) in [5.41, 5.74) is 1.15. The minimum atomic E-state index is -0.188. The first-order valence-electron chi connectivity index (χ1n) is 8.06. The van der Waals surface area contributed by atoms with Crippen molar-refractivity contribution in [2.75, 3.05) is 13.7 Å². The second kappa shape index (κ2) is 7.19. The fourth-order valence-corrected chi connectivity index (χ4v) is 2.97. The molecule has 23 heavy (non-hydrogen) atoms. The van der Waals surface area contributed by atoms with Crippen molar-refractivity contribution in [2.45, 2.75) is 44.9 Å². The first-order chi connectivity index (χ1) is 11.2. The zero-order valence-electron chi connectivity index (χ0n) is 13.6. The highest BCUT2D eigenvalue weighted by atomic mass is 19.1. The van der Waals surface area contributed by atoms with Gasteiger partial charge in [0, 0.05) is 26.1 Å². The van der Waals surface area contributed by atoms with E-state index in [0.717, 1.165) is 43.1 Å². The molecule has 6 heteroatoms. The van der Waals surface area contributed by atoms with Gasteiger partial charge >= 0.3 is 0 Å². The standard InChI is InChI=1S/C17H23FN4O/c1-12(13-3-5-14(18)6-4-13)9-19-15-7-8-17-20-16(11-23-2)21-22(17)10-15/h3-6,12,15,19H,7-11H2,1-2H3/t12-,15+/m0/s1. The number of aryl methyl sites for hydroxylation is 1. The molecule has 1 aliphatic heterocycles. The van der Waals surface area contributed by atoms with Crippen LogP contribution in [0.3, 0.4) is 0 Å². The van der Waals surface area contributed by atoms with Gasteiger partial charge in [-0.2, -0.15) is 5.10 Å². The number of hydrogen-bond donors (Lipinski definition) is 1. The maximum absolute atomic E-state index is 13.0. The van der Waals surface area contributed by atoms with Crippen molar-refractivity contribution in [1.82, 2.24) is 20.1 Å². The summed E-state index contributed by atoms with van der Waals surface area (Å²) < 4.78 is 20.1. The molecule has 1 aromatic carbocycles. The van der Waals surface area contributed by atoms with Crippen LogP contribution >= 0.6 is 0 Å². The van der Waals surface area contributed by atoms with E-state index in [2.05, 4.69) is 22.3 Å². The number of hydrogen-bond acceptors (Lipinski definition) is 4. The molecule has 1 aliphatic rings. The Morgan fingerprint density at radius 2 is 2.17 bits per heavy atom. The highest BCUT2D eigenvalue weighted by molar-refractivity contribution is 5.20. The summed E-state index contributed by atoms with van der Waals surface area (Å²) in [6.07, 6.45) is 1.99. The van der Waals surface area contributed by atoms with Gasteiger partial charge < -0.3 is 10.1 Å². The molecule has 0 bridgehead atoms. The molecule has 2 heterocycles. The van der Waals surface area contributed by atoms with Gasteiger partial charge in [0.1, 0.15) is 18.2 Å². The summed E-state index contributed by atoms with van der Waals surface area (Å²) in [6, 6.07) is 7.14. The molecule has 5 nitrogen and oxygen atoms in total. The largest absolute Gasteiger partial charge is 0.377 e. The molecule has 0 radical (unpaired) electrons. The minimum Gasteiger partial charge on any atom is -0.377 e. The summed E-state index contributed by atoms with van der Waals surface area (Å²) in [7, 11) is 1.65. The Morgan fingerprint density at radius 3 is 2.91 bits per heavy atom. The molecular formula is C17H23FN4O. The lowest BCUT2D eigenvalue weighted by Crippen LogP contribution is -2.39. The molecule has 1 N–H and O–H groups in total. The van der Waals surface area contributed by atoms with Gasteiger partial charge in [-0.25, -0.2) is 14.1 Å². The molecule has 124 valence electrons. The Morgan fingerprint density at radius 1 is 1.39 bits per heavy atom. The maximum Gasteiger partial charge on any atom is 0.176 e. The first-order valence-corrected chi connectivity index (χ1v) is 8.06. The third-order valence-electron chi connectivity index (χ3n) is 4.33. The van der Waals surface area contributed by atoms with E-state index < -0.39 is 0 Å². The van der Waals surface area contributed by atoms with Crippen LogP contribution in [-0.4, -0.2) is 34.5 Å². The summed E-state index contributed by atoms with van der Waals surface area (Å²) in [5.74, 6) is 1.95. The third kappa shape index (κ3) is 3.95. The quantitative estimate of drug-likeness (QED) is 0.888. The average molecular weight is 318 g/mol. The average Bonchev–Trinajstić information content (AvgIpc) is 2.95. The highest BCUT2D eigenvalue weighted by Crippen LogP contribution is 2.17. The van der Waals surface area contributed by atoms with Crippen molar-refractivity contribution in [1.29, 1.82) is 0 Å². The Kier molecular flexibility index (Phi) is 5.03. The van der Waals surface area contributed by atoms with Crippen molar-refractivity contribution >= 4 is 0 Å². The van der Waals surface area contributed by atoms with E-state index in [1.165, 1.54) is 12.1 Å². The lowest BCUT2D eigenvalue weighted by Gasteiger charge is -2.25. The van der Waals surface area contributed by atoms with E-state index in [1.807, 2.05) is 16.8 Å². The molecule has 0 amide bonds. The second-order valence-corrected chi connectivity index (χ2v) is 6.16. The molecule has 2 aromatic rings. The molecule has 0 spiro atoms. The normalized spacial score (nSPS) is 18.7. The molecule has 3 rings (SSSR count). The van der Waals surface area contributed by atoms with Crippen LogP contribution in [0.25, 0.3) is 0 Å². The predicted octanol–water partition coefficient (Wildman–Crippen LogP) is 2.27. The zero-order chi connectivity index (χ0) is 16.2. The fourth-order valence-electron chi connectivity index (χ4n) is 2.97. The Labute approximate surface area is 135 Å². The van der Waals surface area contributed by atoms with Gasteiger partial charge in [-0.15, -0.1) is 0 Å². The van der Waals surface area contributed by atoms with Crippen molar-refractivity contribution in [2.24, 2.45) is 0 Å². The van der Waals surface area contributed by atoms with Crippen molar-refractivity contribution < 1.29 is 9.13 Å². The smallest absolute Gasteiger partial charge is 0.176 e. The SMILES string of the molecule is COCc1nc2n(n1)C[C@H](NC[C@H](C)c1ccc(F)cc1)CC2. The van der Waals surface area contributed by atoms with E-state index >= 15 is 0 Å². The maximum atomic E-state index is 13.0. The number of methoxy groups -OCH3 is 1. The summed E-state index contributed by atoms with van der Waals surface area (Å²) in [5, 5.41) is 8.09. The van der Waals surface area contributed by atoms with E-state index in [-0.39, 0.29) is 5.82 Å². The van der Waals surface area contributed by atoms with Gasteiger partial charge in [-0.05, 0) is 30.0 Å². The van der Waals surface area contributed by atoms with E-state index in [0.29, 0.717) is 18.6 Å². The zero-order valence-corrected chi connectivity index (χ0v) is 13.6. The minimum absolute atomic E-state index is 0.188.